The van der Waals surface area contributed by atoms with Crippen LogP contribution in [-0.2, 0) is 4.74 Å². The summed E-state index contributed by atoms with van der Waals surface area (Å²) in [5, 5.41) is 3.76. The Morgan fingerprint density at radius 3 is 2.50 bits per heavy atom. The molecule has 0 aromatic carbocycles. The maximum Gasteiger partial charge on any atom is 0.0702 e. The minimum atomic E-state index is 0.346. The monoisotopic (exact) mass is 255 g/mol. The minimum absolute atomic E-state index is 0.346. The second-order valence-corrected chi connectivity index (χ2v) is 5.76. The third-order valence-electron chi connectivity index (χ3n) is 4.52. The van der Waals surface area contributed by atoms with Crippen LogP contribution < -0.4 is 5.32 Å². The molecule has 1 N–H and O–H groups in total. The van der Waals surface area contributed by atoms with E-state index in [9.17, 15) is 0 Å². The predicted molar refractivity (Wildman–Crippen MR) is 78.9 cm³/mol. The molecule has 0 heterocycles. The number of hydrogen-bond acceptors (Lipinski definition) is 2. The minimum Gasteiger partial charge on any atom is -0.377 e. The molecule has 108 valence electrons. The second kappa shape index (κ2) is 8.92. The lowest BCUT2D eigenvalue weighted by Gasteiger charge is -2.40. The van der Waals surface area contributed by atoms with E-state index in [1.54, 1.807) is 0 Å². The molecule has 18 heavy (non-hydrogen) atoms. The first-order valence-electron chi connectivity index (χ1n) is 8.09. The Morgan fingerprint density at radius 1 is 1.17 bits per heavy atom. The molecule has 2 heteroatoms. The standard InChI is InChI=1S/C16H33NO/c1-5-12-17-16(13(4)18-7-3)15-11-9-8-10-14(15)6-2/h13-17H,5-12H2,1-4H3. The Bertz CT molecular complexity index is 207. The molecule has 0 saturated heterocycles. The Hall–Kier alpha value is -0.0800. The zero-order valence-electron chi connectivity index (χ0n) is 12.9. The molecular formula is C16H33NO. The van der Waals surface area contributed by atoms with Crippen molar-refractivity contribution in [1.29, 1.82) is 0 Å². The van der Waals surface area contributed by atoms with Crippen LogP contribution in [0.25, 0.3) is 0 Å². The van der Waals surface area contributed by atoms with Crippen molar-refractivity contribution >= 4 is 0 Å². The Morgan fingerprint density at radius 2 is 1.89 bits per heavy atom. The number of nitrogens with one attached hydrogen (secondary N) is 1. The third kappa shape index (κ3) is 4.55. The Labute approximate surface area is 114 Å². The van der Waals surface area contributed by atoms with E-state index in [0.717, 1.165) is 25.0 Å². The highest BCUT2D eigenvalue weighted by atomic mass is 16.5. The predicted octanol–water partition coefficient (Wildman–Crippen LogP) is 4.00. The van der Waals surface area contributed by atoms with Gasteiger partial charge in [0.15, 0.2) is 0 Å². The number of ether oxygens (including phenoxy) is 1. The first kappa shape index (κ1) is 16.0. The van der Waals surface area contributed by atoms with Gasteiger partial charge in [0, 0.05) is 12.6 Å². The molecule has 4 unspecified atom stereocenters. The van der Waals surface area contributed by atoms with Crippen molar-refractivity contribution in [2.75, 3.05) is 13.2 Å². The van der Waals surface area contributed by atoms with Crippen molar-refractivity contribution in [2.24, 2.45) is 11.8 Å². The van der Waals surface area contributed by atoms with Crippen LogP contribution in [0.2, 0.25) is 0 Å². The molecule has 1 aliphatic carbocycles. The maximum absolute atomic E-state index is 5.88. The summed E-state index contributed by atoms with van der Waals surface area (Å²) in [6, 6.07) is 0.551. The van der Waals surface area contributed by atoms with Gasteiger partial charge in [-0.05, 0) is 45.1 Å². The zero-order valence-corrected chi connectivity index (χ0v) is 12.9. The van der Waals surface area contributed by atoms with E-state index in [4.69, 9.17) is 4.74 Å². The van der Waals surface area contributed by atoms with Gasteiger partial charge in [-0.3, -0.25) is 0 Å². The first-order valence-corrected chi connectivity index (χ1v) is 8.09. The van der Waals surface area contributed by atoms with E-state index >= 15 is 0 Å². The number of hydrogen-bond donors (Lipinski definition) is 1. The SMILES string of the molecule is CCCNC(C(C)OCC)C1CCCCC1CC. The summed E-state index contributed by atoms with van der Waals surface area (Å²) >= 11 is 0. The molecule has 0 radical (unpaired) electrons. The van der Waals surface area contributed by atoms with Crippen molar-refractivity contribution in [2.45, 2.75) is 78.4 Å². The molecule has 1 fully saturated rings. The lowest BCUT2D eigenvalue weighted by atomic mass is 9.73. The summed E-state index contributed by atoms with van der Waals surface area (Å²) in [6.45, 7) is 10.9. The molecule has 4 atom stereocenters. The van der Waals surface area contributed by atoms with Gasteiger partial charge in [-0.1, -0.05) is 39.5 Å². The molecule has 0 aliphatic heterocycles. The molecule has 1 rings (SSSR count). The van der Waals surface area contributed by atoms with Crippen LogP contribution in [-0.4, -0.2) is 25.3 Å². The number of rotatable bonds is 8. The van der Waals surface area contributed by atoms with Crippen LogP contribution in [0.4, 0.5) is 0 Å². The molecule has 0 aromatic rings. The summed E-state index contributed by atoms with van der Waals surface area (Å²) in [4.78, 5) is 0. The normalized spacial score (nSPS) is 28.0. The van der Waals surface area contributed by atoms with Gasteiger partial charge in [-0.2, -0.15) is 0 Å². The van der Waals surface area contributed by atoms with Gasteiger partial charge < -0.3 is 10.1 Å². The fourth-order valence-corrected chi connectivity index (χ4v) is 3.56. The van der Waals surface area contributed by atoms with Gasteiger partial charge in [0.05, 0.1) is 6.10 Å². The van der Waals surface area contributed by atoms with E-state index in [2.05, 4.69) is 33.0 Å². The molecule has 0 amide bonds. The molecule has 0 bridgehead atoms. The van der Waals surface area contributed by atoms with Crippen LogP contribution in [0.15, 0.2) is 0 Å². The van der Waals surface area contributed by atoms with Crippen LogP contribution >= 0.6 is 0 Å². The maximum atomic E-state index is 5.88. The lowest BCUT2D eigenvalue weighted by Crippen LogP contribution is -2.49. The van der Waals surface area contributed by atoms with E-state index in [0.29, 0.717) is 12.1 Å². The Balaban J connectivity index is 2.65. The molecular weight excluding hydrogens is 222 g/mol. The van der Waals surface area contributed by atoms with Crippen molar-refractivity contribution in [1.82, 2.24) is 5.32 Å². The third-order valence-corrected chi connectivity index (χ3v) is 4.52. The van der Waals surface area contributed by atoms with Gasteiger partial charge in [-0.25, -0.2) is 0 Å². The van der Waals surface area contributed by atoms with Gasteiger partial charge in [0.25, 0.3) is 0 Å². The second-order valence-electron chi connectivity index (χ2n) is 5.76. The fraction of sp³-hybridized carbons (Fsp3) is 1.00. The summed E-state index contributed by atoms with van der Waals surface area (Å²) in [7, 11) is 0. The highest BCUT2D eigenvalue weighted by molar-refractivity contribution is 4.88. The van der Waals surface area contributed by atoms with E-state index in [-0.39, 0.29) is 0 Å². The Kier molecular flexibility index (Phi) is 7.92. The van der Waals surface area contributed by atoms with E-state index in [1.165, 1.54) is 38.5 Å². The van der Waals surface area contributed by atoms with E-state index < -0.39 is 0 Å². The fourth-order valence-electron chi connectivity index (χ4n) is 3.56. The van der Waals surface area contributed by atoms with Gasteiger partial charge >= 0.3 is 0 Å². The summed E-state index contributed by atoms with van der Waals surface area (Å²) in [5.41, 5.74) is 0. The van der Waals surface area contributed by atoms with Crippen molar-refractivity contribution in [3.63, 3.8) is 0 Å². The first-order chi connectivity index (χ1) is 8.74. The van der Waals surface area contributed by atoms with Crippen molar-refractivity contribution < 1.29 is 4.74 Å². The zero-order chi connectivity index (χ0) is 13.4. The van der Waals surface area contributed by atoms with Crippen molar-refractivity contribution in [3.8, 4) is 0 Å². The smallest absolute Gasteiger partial charge is 0.0702 e. The average Bonchev–Trinajstić information content (AvgIpc) is 2.40. The molecule has 1 saturated carbocycles. The highest BCUT2D eigenvalue weighted by Gasteiger charge is 2.33. The quantitative estimate of drug-likeness (QED) is 0.708. The molecule has 1 aliphatic rings. The van der Waals surface area contributed by atoms with Crippen LogP contribution in [0.3, 0.4) is 0 Å². The van der Waals surface area contributed by atoms with Crippen LogP contribution in [0.5, 0.6) is 0 Å². The molecule has 0 spiro atoms. The largest absolute Gasteiger partial charge is 0.377 e. The average molecular weight is 255 g/mol. The highest BCUT2D eigenvalue weighted by Crippen LogP contribution is 2.35. The van der Waals surface area contributed by atoms with Gasteiger partial charge in [0.1, 0.15) is 0 Å². The summed E-state index contributed by atoms with van der Waals surface area (Å²) < 4.78 is 5.88. The molecule has 2 nitrogen and oxygen atoms in total. The van der Waals surface area contributed by atoms with Crippen molar-refractivity contribution in [3.05, 3.63) is 0 Å². The van der Waals surface area contributed by atoms with Crippen LogP contribution in [0.1, 0.15) is 66.2 Å². The lowest BCUT2D eigenvalue weighted by molar-refractivity contribution is 0.0103. The summed E-state index contributed by atoms with van der Waals surface area (Å²) in [5.74, 6) is 1.72. The van der Waals surface area contributed by atoms with Gasteiger partial charge in [0.2, 0.25) is 0 Å². The summed E-state index contributed by atoms with van der Waals surface area (Å²) in [6.07, 6.45) is 8.52. The van der Waals surface area contributed by atoms with E-state index in [1.807, 2.05) is 0 Å². The van der Waals surface area contributed by atoms with Crippen LogP contribution in [0, 0.1) is 11.8 Å². The van der Waals surface area contributed by atoms with Gasteiger partial charge in [-0.15, -0.1) is 0 Å². The topological polar surface area (TPSA) is 21.3 Å². The molecule has 0 aromatic heterocycles.